The number of nitrogens with one attached hydrogen (secondary N) is 3. The van der Waals surface area contributed by atoms with Crippen molar-refractivity contribution in [3.8, 4) is 0 Å². The van der Waals surface area contributed by atoms with Gasteiger partial charge in [0.2, 0.25) is 21.9 Å². The molecule has 212 valence electrons. The van der Waals surface area contributed by atoms with E-state index in [1.807, 2.05) is 0 Å². The van der Waals surface area contributed by atoms with Gasteiger partial charge in [-0.2, -0.15) is 9.97 Å². The lowest BCUT2D eigenvalue weighted by molar-refractivity contribution is -0.146. The molecule has 16 nitrogen and oxygen atoms in total. The zero-order valence-electron chi connectivity index (χ0n) is 21.5. The Morgan fingerprint density at radius 3 is 2.55 bits per heavy atom. The molecule has 2 amide bonds. The number of unbranched alkanes of at least 4 members (excludes halogenated alkanes) is 2. The van der Waals surface area contributed by atoms with Crippen LogP contribution in [0.4, 0.5) is 11.8 Å². The first-order chi connectivity index (χ1) is 17.9. The summed E-state index contributed by atoms with van der Waals surface area (Å²) in [4.78, 5) is 38.3. The van der Waals surface area contributed by atoms with Crippen molar-refractivity contribution in [1.29, 1.82) is 0 Å². The molecule has 1 saturated heterocycles. The van der Waals surface area contributed by atoms with E-state index in [1.54, 1.807) is 0 Å². The summed E-state index contributed by atoms with van der Waals surface area (Å²) in [6, 6.07) is 0. The highest BCUT2D eigenvalue weighted by atomic mass is 32.2. The van der Waals surface area contributed by atoms with Crippen molar-refractivity contribution in [1.82, 2.24) is 34.5 Å². The number of nitrogens with zero attached hydrogens (tertiary/aromatic N) is 5. The molecule has 1 aliphatic rings. The summed E-state index contributed by atoms with van der Waals surface area (Å²) < 4.78 is 31.5. The minimum atomic E-state index is -3.20. The molecule has 3 rings (SSSR count). The van der Waals surface area contributed by atoms with E-state index in [9.17, 15) is 28.2 Å². The highest BCUT2D eigenvalue weighted by Gasteiger charge is 2.48. The van der Waals surface area contributed by atoms with Gasteiger partial charge in [-0.05, 0) is 12.8 Å². The number of nitrogens with two attached hydrogens (primary N) is 1. The van der Waals surface area contributed by atoms with Gasteiger partial charge in [-0.3, -0.25) is 14.2 Å². The van der Waals surface area contributed by atoms with Crippen LogP contribution in [0.25, 0.3) is 11.2 Å². The van der Waals surface area contributed by atoms with Crippen LogP contribution in [-0.2, 0) is 24.3 Å². The average Bonchev–Trinajstić information content (AvgIpc) is 3.39. The second kappa shape index (κ2) is 12.6. The van der Waals surface area contributed by atoms with E-state index in [-0.39, 0.29) is 28.8 Å². The van der Waals surface area contributed by atoms with Crippen molar-refractivity contribution in [3.63, 3.8) is 0 Å². The minimum absolute atomic E-state index is 0.0691. The highest BCUT2D eigenvalue weighted by Crippen LogP contribution is 2.33. The number of aliphatic hydroxyl groups excluding tert-OH is 2. The SMILES string of the molecule is CN(C)C(=O)[C@H]1O[C@@H](n2cnc3c(N)nc(NCCNC(=O)CCCCCNS(C)(=O)=O)nc32)[C@H](O)[C@@H]1O. The van der Waals surface area contributed by atoms with Crippen molar-refractivity contribution in [2.24, 2.45) is 0 Å². The molecule has 1 aliphatic heterocycles. The van der Waals surface area contributed by atoms with Gasteiger partial charge in [0, 0.05) is 40.2 Å². The van der Waals surface area contributed by atoms with Gasteiger partial charge in [0.25, 0.3) is 5.91 Å². The number of carbonyl (C=O) groups is 2. The third-order valence-electron chi connectivity index (χ3n) is 5.82. The first kappa shape index (κ1) is 29.4. The third-order valence-corrected chi connectivity index (χ3v) is 6.55. The van der Waals surface area contributed by atoms with Gasteiger partial charge in [0.1, 0.15) is 17.7 Å². The van der Waals surface area contributed by atoms with Crippen LogP contribution in [0.5, 0.6) is 0 Å². The van der Waals surface area contributed by atoms with E-state index in [2.05, 4.69) is 30.3 Å². The molecule has 2 aromatic rings. The molecule has 0 aromatic carbocycles. The summed E-state index contributed by atoms with van der Waals surface area (Å²) in [6.45, 7) is 0.932. The second-order valence-corrected chi connectivity index (χ2v) is 11.0. The number of hydrogen-bond donors (Lipinski definition) is 6. The standard InChI is InChI=1S/C21H35N9O7S/c1-29(2)19(34)16-14(32)15(33)20(37-16)30-11-25-13-17(22)27-21(28-18(13)30)24-10-9-23-12(31)7-5-4-6-8-26-38(3,35)36/h11,14-16,20,26,32-33H,4-10H2,1-3H3,(H,23,31)(H3,22,24,27,28)/t14-,15+,16-,20+/m0/s1. The number of ether oxygens (including phenoxy) is 1. The number of sulfonamides is 1. The van der Waals surface area contributed by atoms with Gasteiger partial charge >= 0.3 is 0 Å². The third kappa shape index (κ3) is 7.47. The van der Waals surface area contributed by atoms with Crippen LogP contribution in [0, 0.1) is 0 Å². The van der Waals surface area contributed by atoms with Crippen LogP contribution < -0.4 is 21.1 Å². The number of aliphatic hydroxyl groups is 2. The van der Waals surface area contributed by atoms with E-state index >= 15 is 0 Å². The molecule has 1 fully saturated rings. The van der Waals surface area contributed by atoms with Crippen molar-refractivity contribution in [2.45, 2.75) is 50.2 Å². The molecular formula is C21H35N9O7S. The molecular weight excluding hydrogens is 522 g/mol. The number of rotatable bonds is 13. The lowest BCUT2D eigenvalue weighted by Gasteiger charge is -2.18. The molecule has 2 aromatic heterocycles. The predicted molar refractivity (Wildman–Crippen MR) is 137 cm³/mol. The number of amides is 2. The summed E-state index contributed by atoms with van der Waals surface area (Å²) in [5.74, 6) is -0.409. The molecule has 38 heavy (non-hydrogen) atoms. The van der Waals surface area contributed by atoms with Crippen molar-refractivity contribution < 1.29 is 33.0 Å². The highest BCUT2D eigenvalue weighted by molar-refractivity contribution is 7.88. The minimum Gasteiger partial charge on any atom is -0.387 e. The number of aromatic nitrogens is 4. The zero-order chi connectivity index (χ0) is 28.0. The van der Waals surface area contributed by atoms with Gasteiger partial charge in [-0.1, -0.05) is 6.42 Å². The van der Waals surface area contributed by atoms with E-state index < -0.39 is 40.5 Å². The number of imidazole rings is 1. The zero-order valence-corrected chi connectivity index (χ0v) is 22.3. The summed E-state index contributed by atoms with van der Waals surface area (Å²) in [5, 5.41) is 26.6. The van der Waals surface area contributed by atoms with E-state index in [1.165, 1.54) is 29.9 Å². The quantitative estimate of drug-likeness (QED) is 0.144. The summed E-state index contributed by atoms with van der Waals surface area (Å²) in [7, 11) is -0.166. The Kier molecular flexibility index (Phi) is 9.77. The molecule has 0 unspecified atom stereocenters. The maximum absolute atomic E-state index is 12.3. The average molecular weight is 558 g/mol. The first-order valence-electron chi connectivity index (χ1n) is 12.1. The lowest BCUT2D eigenvalue weighted by atomic mass is 10.1. The molecule has 0 saturated carbocycles. The van der Waals surface area contributed by atoms with Crippen LogP contribution in [0.15, 0.2) is 6.33 Å². The molecule has 0 aliphatic carbocycles. The molecule has 0 spiro atoms. The maximum atomic E-state index is 12.3. The smallest absolute Gasteiger partial charge is 0.254 e. The van der Waals surface area contributed by atoms with Gasteiger partial charge in [0.15, 0.2) is 23.8 Å². The lowest BCUT2D eigenvalue weighted by Crippen LogP contribution is -2.42. The van der Waals surface area contributed by atoms with Crippen LogP contribution >= 0.6 is 0 Å². The normalized spacial score (nSPS) is 21.5. The van der Waals surface area contributed by atoms with Crippen LogP contribution in [0.3, 0.4) is 0 Å². The number of hydrogen-bond acceptors (Lipinski definition) is 12. The van der Waals surface area contributed by atoms with Crippen LogP contribution in [-0.4, -0.2) is 113 Å². The van der Waals surface area contributed by atoms with Gasteiger partial charge in [0.05, 0.1) is 12.6 Å². The molecule has 7 N–H and O–H groups in total. The fraction of sp³-hybridized carbons (Fsp3) is 0.667. The number of carbonyl (C=O) groups excluding carboxylic acids is 2. The number of nitrogen functional groups attached to an aromatic ring is 1. The molecule has 17 heteroatoms. The predicted octanol–water partition coefficient (Wildman–Crippen LogP) is -2.25. The van der Waals surface area contributed by atoms with Crippen molar-refractivity contribution >= 4 is 44.8 Å². The van der Waals surface area contributed by atoms with Gasteiger partial charge in [-0.25, -0.2) is 18.1 Å². The largest absolute Gasteiger partial charge is 0.387 e. The molecule has 4 atom stereocenters. The fourth-order valence-corrected chi connectivity index (χ4v) is 4.38. The summed E-state index contributed by atoms with van der Waals surface area (Å²) >= 11 is 0. The second-order valence-electron chi connectivity index (χ2n) is 9.17. The Morgan fingerprint density at radius 1 is 1.13 bits per heavy atom. The molecule has 0 radical (unpaired) electrons. The Bertz CT molecular complexity index is 1240. The van der Waals surface area contributed by atoms with Gasteiger partial charge < -0.3 is 36.2 Å². The maximum Gasteiger partial charge on any atom is 0.254 e. The van der Waals surface area contributed by atoms with Crippen LogP contribution in [0.2, 0.25) is 0 Å². The monoisotopic (exact) mass is 557 g/mol. The topological polar surface area (TPSA) is 227 Å². The molecule has 3 heterocycles. The number of fused-ring (bicyclic) bond motifs is 1. The Balaban J connectivity index is 1.52. The summed E-state index contributed by atoms with van der Waals surface area (Å²) in [6.07, 6.45) is -0.499. The van der Waals surface area contributed by atoms with Crippen LogP contribution in [0.1, 0.15) is 31.9 Å². The van der Waals surface area contributed by atoms with Gasteiger partial charge in [-0.15, -0.1) is 0 Å². The number of anilines is 2. The molecule has 0 bridgehead atoms. The Hall–Kier alpha value is -3.12. The van der Waals surface area contributed by atoms with E-state index in [0.29, 0.717) is 38.9 Å². The van der Waals surface area contributed by atoms with E-state index in [0.717, 1.165) is 12.7 Å². The summed E-state index contributed by atoms with van der Waals surface area (Å²) in [5.41, 5.74) is 6.50. The first-order valence-corrected chi connectivity index (χ1v) is 14.0. The fourth-order valence-electron chi connectivity index (χ4n) is 3.86. The Labute approximate surface area is 220 Å². The Morgan fingerprint density at radius 2 is 1.87 bits per heavy atom. The van der Waals surface area contributed by atoms with Crippen molar-refractivity contribution in [3.05, 3.63) is 6.33 Å². The van der Waals surface area contributed by atoms with E-state index in [4.69, 9.17) is 10.5 Å². The number of likely N-dealkylation sites (N-methyl/N-ethyl adjacent to an activating group) is 1. The van der Waals surface area contributed by atoms with Crippen molar-refractivity contribution in [2.75, 3.05) is 51.0 Å².